The highest BCUT2D eigenvalue weighted by Crippen LogP contribution is 2.34. The standard InChI is InChI=1S/C23H24N2O3S/c1-15-6-8-19-16(11-15)5-4-10-25(19)22(26)13-18-14-29-23(24-18)17-7-9-20(27-2)21(12-17)28-3/h6-9,11-12,14H,4-5,10,13H2,1-3H3. The second-order valence-electron chi connectivity index (χ2n) is 7.17. The van der Waals surface area contributed by atoms with Gasteiger partial charge in [0.05, 0.1) is 26.3 Å². The fourth-order valence-electron chi connectivity index (χ4n) is 3.73. The first-order valence-corrected chi connectivity index (χ1v) is 10.5. The first-order chi connectivity index (χ1) is 14.1. The van der Waals surface area contributed by atoms with Crippen LogP contribution in [0.3, 0.4) is 0 Å². The van der Waals surface area contributed by atoms with Crippen molar-refractivity contribution in [1.82, 2.24) is 4.98 Å². The summed E-state index contributed by atoms with van der Waals surface area (Å²) in [6.07, 6.45) is 2.33. The number of fused-ring (bicyclic) bond motifs is 1. The van der Waals surface area contributed by atoms with Crippen LogP contribution < -0.4 is 14.4 Å². The van der Waals surface area contributed by atoms with Gasteiger partial charge in [0, 0.05) is 23.2 Å². The summed E-state index contributed by atoms with van der Waals surface area (Å²) in [4.78, 5) is 19.6. The molecule has 150 valence electrons. The number of methoxy groups -OCH3 is 2. The van der Waals surface area contributed by atoms with Gasteiger partial charge < -0.3 is 14.4 Å². The predicted molar refractivity (Wildman–Crippen MR) is 116 cm³/mol. The Bertz CT molecular complexity index is 1040. The summed E-state index contributed by atoms with van der Waals surface area (Å²) in [5.74, 6) is 1.44. The molecule has 0 saturated carbocycles. The molecule has 0 fully saturated rings. The highest BCUT2D eigenvalue weighted by molar-refractivity contribution is 7.13. The Kier molecular flexibility index (Phi) is 5.53. The van der Waals surface area contributed by atoms with Gasteiger partial charge in [0.25, 0.3) is 0 Å². The summed E-state index contributed by atoms with van der Waals surface area (Å²) >= 11 is 1.53. The molecule has 0 N–H and O–H groups in total. The normalized spacial score (nSPS) is 13.1. The van der Waals surface area contributed by atoms with E-state index >= 15 is 0 Å². The van der Waals surface area contributed by atoms with Crippen molar-refractivity contribution >= 4 is 22.9 Å². The number of amides is 1. The van der Waals surface area contributed by atoms with Gasteiger partial charge in [-0.1, -0.05) is 17.7 Å². The van der Waals surface area contributed by atoms with E-state index in [1.54, 1.807) is 14.2 Å². The molecular formula is C23H24N2O3S. The minimum Gasteiger partial charge on any atom is -0.493 e. The first-order valence-electron chi connectivity index (χ1n) is 9.65. The second-order valence-corrected chi connectivity index (χ2v) is 8.03. The molecule has 1 amide bonds. The molecule has 1 aromatic heterocycles. The molecule has 2 aromatic carbocycles. The number of thiazole rings is 1. The highest BCUT2D eigenvalue weighted by atomic mass is 32.1. The van der Waals surface area contributed by atoms with Crippen LogP contribution in [-0.4, -0.2) is 31.7 Å². The summed E-state index contributed by atoms with van der Waals surface area (Å²) < 4.78 is 10.7. The van der Waals surface area contributed by atoms with Gasteiger partial charge in [-0.15, -0.1) is 11.3 Å². The Morgan fingerprint density at radius 2 is 1.97 bits per heavy atom. The van der Waals surface area contributed by atoms with Crippen molar-refractivity contribution in [3.8, 4) is 22.1 Å². The van der Waals surface area contributed by atoms with Gasteiger partial charge in [-0.05, 0) is 49.6 Å². The zero-order chi connectivity index (χ0) is 20.4. The third-order valence-corrected chi connectivity index (χ3v) is 6.11. The maximum atomic E-state index is 13.0. The summed E-state index contributed by atoms with van der Waals surface area (Å²) in [6.45, 7) is 2.85. The number of carbonyl (C=O) groups excluding carboxylic acids is 1. The van der Waals surface area contributed by atoms with Crippen LogP contribution in [0.25, 0.3) is 10.6 Å². The van der Waals surface area contributed by atoms with Gasteiger partial charge in [0.1, 0.15) is 5.01 Å². The van der Waals surface area contributed by atoms with Gasteiger partial charge in [-0.3, -0.25) is 4.79 Å². The van der Waals surface area contributed by atoms with Gasteiger partial charge >= 0.3 is 0 Å². The number of hydrogen-bond donors (Lipinski definition) is 0. The van der Waals surface area contributed by atoms with Crippen molar-refractivity contribution in [1.29, 1.82) is 0 Å². The Balaban J connectivity index is 1.52. The molecular weight excluding hydrogens is 384 g/mol. The van der Waals surface area contributed by atoms with Crippen LogP contribution in [-0.2, 0) is 17.6 Å². The van der Waals surface area contributed by atoms with Crippen LogP contribution in [0.2, 0.25) is 0 Å². The molecule has 0 aliphatic carbocycles. The van der Waals surface area contributed by atoms with Crippen molar-refractivity contribution in [2.75, 3.05) is 25.7 Å². The fraction of sp³-hybridized carbons (Fsp3) is 0.304. The van der Waals surface area contributed by atoms with E-state index in [0.717, 1.165) is 41.3 Å². The van der Waals surface area contributed by atoms with E-state index in [1.807, 2.05) is 28.5 Å². The zero-order valence-electron chi connectivity index (χ0n) is 16.9. The molecule has 6 heteroatoms. The van der Waals surface area contributed by atoms with E-state index in [9.17, 15) is 4.79 Å². The maximum Gasteiger partial charge on any atom is 0.233 e. The van der Waals surface area contributed by atoms with Crippen LogP contribution in [0, 0.1) is 6.92 Å². The fourth-order valence-corrected chi connectivity index (χ4v) is 4.54. The van der Waals surface area contributed by atoms with Gasteiger partial charge in [-0.2, -0.15) is 0 Å². The SMILES string of the molecule is COc1ccc(-c2nc(CC(=O)N3CCCc4cc(C)ccc43)cs2)cc1OC. The summed E-state index contributed by atoms with van der Waals surface area (Å²) in [5.41, 5.74) is 5.28. The molecule has 29 heavy (non-hydrogen) atoms. The highest BCUT2D eigenvalue weighted by Gasteiger charge is 2.23. The zero-order valence-corrected chi connectivity index (χ0v) is 17.7. The lowest BCUT2D eigenvalue weighted by molar-refractivity contribution is -0.118. The molecule has 0 radical (unpaired) electrons. The minimum atomic E-state index is 0.0963. The molecule has 5 nitrogen and oxygen atoms in total. The van der Waals surface area contributed by atoms with E-state index in [-0.39, 0.29) is 5.91 Å². The third kappa shape index (κ3) is 3.98. The largest absolute Gasteiger partial charge is 0.493 e. The molecule has 1 aliphatic heterocycles. The molecule has 0 saturated heterocycles. The summed E-state index contributed by atoms with van der Waals surface area (Å²) in [5, 5.41) is 2.83. The number of hydrogen-bond acceptors (Lipinski definition) is 5. The lowest BCUT2D eigenvalue weighted by Crippen LogP contribution is -2.36. The lowest BCUT2D eigenvalue weighted by Gasteiger charge is -2.29. The number of carbonyl (C=O) groups is 1. The number of aromatic nitrogens is 1. The second kappa shape index (κ2) is 8.25. The van der Waals surface area contributed by atoms with E-state index in [4.69, 9.17) is 14.5 Å². The van der Waals surface area contributed by atoms with Crippen LogP contribution in [0.5, 0.6) is 11.5 Å². The van der Waals surface area contributed by atoms with Crippen LogP contribution in [0.4, 0.5) is 5.69 Å². The molecule has 2 heterocycles. The Morgan fingerprint density at radius 3 is 2.76 bits per heavy atom. The number of anilines is 1. The van der Waals surface area contributed by atoms with Crippen molar-refractivity contribution in [3.63, 3.8) is 0 Å². The quantitative estimate of drug-likeness (QED) is 0.616. The van der Waals surface area contributed by atoms with Gasteiger partial charge in [-0.25, -0.2) is 4.98 Å². The number of aryl methyl sites for hydroxylation is 2. The summed E-state index contributed by atoms with van der Waals surface area (Å²) in [7, 11) is 3.23. The average Bonchev–Trinajstić information content (AvgIpc) is 3.20. The molecule has 0 unspecified atom stereocenters. The third-order valence-electron chi connectivity index (χ3n) is 5.17. The topological polar surface area (TPSA) is 51.7 Å². The minimum absolute atomic E-state index is 0.0963. The van der Waals surface area contributed by atoms with E-state index in [1.165, 1.54) is 22.5 Å². The number of benzene rings is 2. The summed E-state index contributed by atoms with van der Waals surface area (Å²) in [6, 6.07) is 12.1. The molecule has 4 rings (SSSR count). The number of ether oxygens (including phenoxy) is 2. The van der Waals surface area contributed by atoms with Crippen LogP contribution >= 0.6 is 11.3 Å². The first kappa shape index (κ1) is 19.5. The number of rotatable bonds is 5. The Labute approximate surface area is 174 Å². The average molecular weight is 409 g/mol. The molecule has 0 bridgehead atoms. The monoisotopic (exact) mass is 408 g/mol. The lowest BCUT2D eigenvalue weighted by atomic mass is 9.99. The Hall–Kier alpha value is -2.86. The molecule has 0 spiro atoms. The number of nitrogens with zero attached hydrogens (tertiary/aromatic N) is 2. The Morgan fingerprint density at radius 1 is 1.14 bits per heavy atom. The van der Waals surface area contributed by atoms with Gasteiger partial charge in [0.2, 0.25) is 5.91 Å². The van der Waals surface area contributed by atoms with Crippen LogP contribution in [0.1, 0.15) is 23.2 Å². The van der Waals surface area contributed by atoms with Crippen LogP contribution in [0.15, 0.2) is 41.8 Å². The van der Waals surface area contributed by atoms with E-state index in [0.29, 0.717) is 17.9 Å². The van der Waals surface area contributed by atoms with E-state index in [2.05, 4.69) is 25.1 Å². The van der Waals surface area contributed by atoms with Crippen molar-refractivity contribution in [2.45, 2.75) is 26.2 Å². The van der Waals surface area contributed by atoms with E-state index < -0.39 is 0 Å². The van der Waals surface area contributed by atoms with Crippen molar-refractivity contribution in [2.24, 2.45) is 0 Å². The molecule has 3 aromatic rings. The van der Waals surface area contributed by atoms with Gasteiger partial charge in [0.15, 0.2) is 11.5 Å². The smallest absolute Gasteiger partial charge is 0.233 e. The predicted octanol–water partition coefficient (Wildman–Crippen LogP) is 4.66. The maximum absolute atomic E-state index is 13.0. The van der Waals surface area contributed by atoms with Crippen molar-refractivity contribution in [3.05, 3.63) is 58.6 Å². The molecule has 0 atom stereocenters. The van der Waals surface area contributed by atoms with Crippen molar-refractivity contribution < 1.29 is 14.3 Å². The molecule has 1 aliphatic rings.